The van der Waals surface area contributed by atoms with Gasteiger partial charge in [-0.1, -0.05) is 18.2 Å². The Morgan fingerprint density at radius 2 is 2.00 bits per heavy atom. The Kier molecular flexibility index (Phi) is 5.69. The highest BCUT2D eigenvalue weighted by molar-refractivity contribution is 5.90. The Hall–Kier alpha value is -2.08. The molecule has 130 valence electrons. The smallest absolute Gasteiger partial charge is 0.321 e. The molecule has 2 fully saturated rings. The van der Waals surface area contributed by atoms with E-state index >= 15 is 0 Å². The maximum atomic E-state index is 12.4. The lowest BCUT2D eigenvalue weighted by atomic mass is 9.97. The minimum Gasteiger partial charge on any atom is -0.354 e. The number of anilines is 1. The molecule has 0 aliphatic carbocycles. The van der Waals surface area contributed by atoms with Gasteiger partial charge in [-0.15, -0.1) is 0 Å². The van der Waals surface area contributed by atoms with Crippen molar-refractivity contribution in [3.8, 4) is 0 Å². The third-order valence-corrected chi connectivity index (χ3v) is 4.79. The Balaban J connectivity index is 1.48. The fourth-order valence-electron chi connectivity index (χ4n) is 3.40. The maximum absolute atomic E-state index is 12.4. The molecule has 2 atom stereocenters. The molecule has 0 aromatic heterocycles. The normalized spacial score (nSPS) is 23.8. The van der Waals surface area contributed by atoms with Crippen LogP contribution in [0.5, 0.6) is 0 Å². The van der Waals surface area contributed by atoms with Crippen LogP contribution in [0.4, 0.5) is 10.5 Å². The van der Waals surface area contributed by atoms with Crippen LogP contribution >= 0.6 is 0 Å². The fourth-order valence-corrected chi connectivity index (χ4v) is 3.40. The van der Waals surface area contributed by atoms with Gasteiger partial charge in [-0.2, -0.15) is 0 Å². The van der Waals surface area contributed by atoms with Crippen molar-refractivity contribution in [2.45, 2.75) is 31.7 Å². The molecule has 2 aliphatic rings. The van der Waals surface area contributed by atoms with Gasteiger partial charge in [0.05, 0.1) is 5.92 Å². The number of carbonyl (C=O) groups excluding carboxylic acids is 2. The van der Waals surface area contributed by atoms with Gasteiger partial charge in [-0.25, -0.2) is 4.79 Å². The summed E-state index contributed by atoms with van der Waals surface area (Å²) in [5, 5.41) is 9.32. The minimum absolute atomic E-state index is 0.0703. The van der Waals surface area contributed by atoms with Gasteiger partial charge >= 0.3 is 6.03 Å². The molecule has 3 N–H and O–H groups in total. The van der Waals surface area contributed by atoms with E-state index in [9.17, 15) is 9.59 Å². The minimum atomic E-state index is -0.129. The summed E-state index contributed by atoms with van der Waals surface area (Å²) in [4.78, 5) is 26.5. The molecule has 2 heterocycles. The highest BCUT2D eigenvalue weighted by Gasteiger charge is 2.29. The number of piperidine rings is 1. The van der Waals surface area contributed by atoms with Gasteiger partial charge < -0.3 is 20.9 Å². The van der Waals surface area contributed by atoms with E-state index in [-0.39, 0.29) is 17.9 Å². The largest absolute Gasteiger partial charge is 0.354 e. The van der Waals surface area contributed by atoms with Gasteiger partial charge in [-0.05, 0) is 44.4 Å². The first-order valence-corrected chi connectivity index (χ1v) is 8.84. The standard InChI is InChI=1S/C18H26N4O2/c23-17(20-12-16-9-4-10-19-16)14-6-5-11-22(13-14)18(24)21-15-7-2-1-3-8-15/h1-3,7-8,14,16,19H,4-6,9-13H2,(H,20,23)(H,21,24). The molecule has 2 saturated heterocycles. The van der Waals surface area contributed by atoms with Crippen molar-refractivity contribution in [2.75, 3.05) is 31.5 Å². The number of amides is 3. The number of likely N-dealkylation sites (tertiary alicyclic amines) is 1. The fraction of sp³-hybridized carbons (Fsp3) is 0.556. The Bertz CT molecular complexity index is 557. The lowest BCUT2D eigenvalue weighted by molar-refractivity contribution is -0.126. The van der Waals surface area contributed by atoms with Crippen LogP contribution in [-0.2, 0) is 4.79 Å². The molecule has 0 spiro atoms. The SMILES string of the molecule is O=C(NCC1CCCN1)C1CCCN(C(=O)Nc2ccccc2)C1. The van der Waals surface area contributed by atoms with Crippen LogP contribution < -0.4 is 16.0 Å². The maximum Gasteiger partial charge on any atom is 0.321 e. The monoisotopic (exact) mass is 330 g/mol. The predicted octanol–water partition coefficient (Wildman–Crippen LogP) is 1.80. The molecule has 0 radical (unpaired) electrons. The summed E-state index contributed by atoms with van der Waals surface area (Å²) in [7, 11) is 0. The van der Waals surface area contributed by atoms with E-state index < -0.39 is 0 Å². The van der Waals surface area contributed by atoms with Crippen LogP contribution in [0.3, 0.4) is 0 Å². The summed E-state index contributed by atoms with van der Waals surface area (Å²) in [6.07, 6.45) is 4.01. The molecule has 6 nitrogen and oxygen atoms in total. The Labute approximate surface area is 143 Å². The summed E-state index contributed by atoms with van der Waals surface area (Å²) in [6, 6.07) is 9.68. The van der Waals surface area contributed by atoms with Crippen LogP contribution in [0.1, 0.15) is 25.7 Å². The highest BCUT2D eigenvalue weighted by Crippen LogP contribution is 2.18. The second kappa shape index (κ2) is 8.15. The van der Waals surface area contributed by atoms with Crippen LogP contribution in [0, 0.1) is 5.92 Å². The first-order valence-electron chi connectivity index (χ1n) is 8.84. The summed E-state index contributed by atoms with van der Waals surface area (Å²) < 4.78 is 0. The second-order valence-corrected chi connectivity index (χ2v) is 6.62. The summed E-state index contributed by atoms with van der Waals surface area (Å²) >= 11 is 0. The average Bonchev–Trinajstić information content (AvgIpc) is 3.14. The van der Waals surface area contributed by atoms with Crippen molar-refractivity contribution >= 4 is 17.6 Å². The predicted molar refractivity (Wildman–Crippen MR) is 93.8 cm³/mol. The third-order valence-electron chi connectivity index (χ3n) is 4.79. The van der Waals surface area contributed by atoms with Crippen LogP contribution in [0.25, 0.3) is 0 Å². The quantitative estimate of drug-likeness (QED) is 0.788. The van der Waals surface area contributed by atoms with Gasteiger partial charge in [-0.3, -0.25) is 4.79 Å². The number of para-hydroxylation sites is 1. The zero-order chi connectivity index (χ0) is 16.8. The molecule has 24 heavy (non-hydrogen) atoms. The number of nitrogens with one attached hydrogen (secondary N) is 3. The van der Waals surface area contributed by atoms with Gasteiger partial charge in [0, 0.05) is 31.4 Å². The number of rotatable bonds is 4. The highest BCUT2D eigenvalue weighted by atomic mass is 16.2. The van der Waals surface area contributed by atoms with Gasteiger partial charge in [0.15, 0.2) is 0 Å². The summed E-state index contributed by atoms with van der Waals surface area (Å²) in [5.41, 5.74) is 0.779. The summed E-state index contributed by atoms with van der Waals surface area (Å²) in [5.74, 6) is -0.0393. The van der Waals surface area contributed by atoms with Crippen molar-refractivity contribution in [2.24, 2.45) is 5.92 Å². The zero-order valence-corrected chi connectivity index (χ0v) is 14.0. The topological polar surface area (TPSA) is 73.5 Å². The van der Waals surface area contributed by atoms with E-state index in [1.54, 1.807) is 4.90 Å². The van der Waals surface area contributed by atoms with Crippen LogP contribution in [-0.4, -0.2) is 49.1 Å². The number of benzene rings is 1. The van der Waals surface area contributed by atoms with E-state index in [2.05, 4.69) is 16.0 Å². The van der Waals surface area contributed by atoms with Gasteiger partial charge in [0.1, 0.15) is 0 Å². The Morgan fingerprint density at radius 1 is 1.17 bits per heavy atom. The van der Waals surface area contributed by atoms with Crippen LogP contribution in [0.2, 0.25) is 0 Å². The molecule has 6 heteroatoms. The van der Waals surface area contributed by atoms with Crippen LogP contribution in [0.15, 0.2) is 30.3 Å². The van der Waals surface area contributed by atoms with Crippen molar-refractivity contribution in [1.82, 2.24) is 15.5 Å². The number of hydrogen-bond acceptors (Lipinski definition) is 3. The molecular formula is C18H26N4O2. The third kappa shape index (κ3) is 4.47. The van der Waals surface area contributed by atoms with E-state index in [4.69, 9.17) is 0 Å². The average molecular weight is 330 g/mol. The molecule has 2 unspecified atom stereocenters. The van der Waals surface area contributed by atoms with Gasteiger partial charge in [0.25, 0.3) is 0 Å². The van der Waals surface area contributed by atoms with Crippen molar-refractivity contribution in [1.29, 1.82) is 0 Å². The molecule has 1 aromatic carbocycles. The number of hydrogen-bond donors (Lipinski definition) is 3. The van der Waals surface area contributed by atoms with Gasteiger partial charge in [0.2, 0.25) is 5.91 Å². The number of carbonyl (C=O) groups is 2. The van der Waals surface area contributed by atoms with Crippen molar-refractivity contribution in [3.05, 3.63) is 30.3 Å². The first kappa shape index (κ1) is 16.8. The Morgan fingerprint density at radius 3 is 2.75 bits per heavy atom. The van der Waals surface area contributed by atoms with E-state index in [1.807, 2.05) is 30.3 Å². The van der Waals surface area contributed by atoms with E-state index in [1.165, 1.54) is 6.42 Å². The molecule has 3 rings (SSSR count). The molecule has 1 aromatic rings. The first-order chi connectivity index (χ1) is 11.7. The number of nitrogens with zero attached hydrogens (tertiary/aromatic N) is 1. The molecular weight excluding hydrogens is 304 g/mol. The summed E-state index contributed by atoms with van der Waals surface area (Å²) in [6.45, 7) is 2.91. The van der Waals surface area contributed by atoms with E-state index in [0.717, 1.165) is 31.5 Å². The van der Waals surface area contributed by atoms with Crippen molar-refractivity contribution in [3.63, 3.8) is 0 Å². The van der Waals surface area contributed by atoms with Crippen molar-refractivity contribution < 1.29 is 9.59 Å². The molecule has 2 aliphatic heterocycles. The molecule has 0 saturated carbocycles. The van der Waals surface area contributed by atoms with E-state index in [0.29, 0.717) is 25.7 Å². The number of urea groups is 1. The zero-order valence-electron chi connectivity index (χ0n) is 14.0. The molecule has 3 amide bonds. The second-order valence-electron chi connectivity index (χ2n) is 6.62. The lowest BCUT2D eigenvalue weighted by Crippen LogP contribution is -2.48. The lowest BCUT2D eigenvalue weighted by Gasteiger charge is -2.32. The molecule has 0 bridgehead atoms.